The van der Waals surface area contributed by atoms with Gasteiger partial charge in [-0.15, -0.1) is 11.3 Å². The molecule has 0 fully saturated rings. The molecule has 2 heterocycles. The summed E-state index contributed by atoms with van der Waals surface area (Å²) >= 11 is 1.42. The molecule has 3 aromatic rings. The molecule has 0 unspecified atom stereocenters. The Hall–Kier alpha value is -3.06. The smallest absolute Gasteiger partial charge is 0.258 e. The molecule has 1 aliphatic rings. The molecule has 1 aliphatic heterocycles. The number of amides is 2. The summed E-state index contributed by atoms with van der Waals surface area (Å²) < 4.78 is 13.5. The van der Waals surface area contributed by atoms with Crippen molar-refractivity contribution in [1.29, 1.82) is 0 Å². The van der Waals surface area contributed by atoms with Gasteiger partial charge in [-0.25, -0.2) is 9.37 Å². The van der Waals surface area contributed by atoms with Gasteiger partial charge in [0.2, 0.25) is 5.91 Å². The van der Waals surface area contributed by atoms with Crippen LogP contribution >= 0.6 is 11.3 Å². The van der Waals surface area contributed by atoms with E-state index >= 15 is 0 Å². The number of carbonyl (C=O) groups excluding carboxylic acids is 2. The number of nitrogens with zero attached hydrogens (tertiary/aromatic N) is 3. The minimum atomic E-state index is -0.418. The van der Waals surface area contributed by atoms with Crippen LogP contribution in [0, 0.1) is 5.82 Å². The van der Waals surface area contributed by atoms with Crippen LogP contribution in [0.1, 0.15) is 29.3 Å². The Kier molecular flexibility index (Phi) is 5.15. The van der Waals surface area contributed by atoms with Gasteiger partial charge >= 0.3 is 0 Å². The number of fused-ring (bicyclic) bond motifs is 1. The van der Waals surface area contributed by atoms with Gasteiger partial charge in [0.05, 0.1) is 5.69 Å². The summed E-state index contributed by atoms with van der Waals surface area (Å²) in [7, 11) is 1.70. The standard InChI is InChI=1S/C22H20FN3O2S/c1-14(27)25(2)22-24-19(13-29-22)15-8-9-20-16(11-15)6-4-10-26(20)21(28)17-5-3-7-18(23)12-17/h3,5,7-9,11-13H,4,6,10H2,1-2H3. The van der Waals surface area contributed by atoms with Gasteiger partial charge in [0.1, 0.15) is 5.82 Å². The highest BCUT2D eigenvalue weighted by Gasteiger charge is 2.24. The molecule has 0 radical (unpaired) electrons. The molecule has 0 atom stereocenters. The van der Waals surface area contributed by atoms with Crippen LogP contribution in [0.3, 0.4) is 0 Å². The predicted molar refractivity (Wildman–Crippen MR) is 113 cm³/mol. The fourth-order valence-corrected chi connectivity index (χ4v) is 4.27. The summed E-state index contributed by atoms with van der Waals surface area (Å²) in [6.07, 6.45) is 1.70. The molecule has 1 aromatic heterocycles. The van der Waals surface area contributed by atoms with Gasteiger partial charge in [-0.1, -0.05) is 12.1 Å². The van der Waals surface area contributed by atoms with E-state index in [9.17, 15) is 14.0 Å². The second kappa shape index (κ2) is 7.75. The zero-order valence-corrected chi connectivity index (χ0v) is 17.0. The molecule has 4 rings (SSSR count). The Morgan fingerprint density at radius 3 is 2.79 bits per heavy atom. The van der Waals surface area contributed by atoms with Crippen molar-refractivity contribution in [2.75, 3.05) is 23.4 Å². The molecule has 0 saturated heterocycles. The molecular weight excluding hydrogens is 389 g/mol. The van der Waals surface area contributed by atoms with Crippen LogP contribution < -0.4 is 9.80 Å². The van der Waals surface area contributed by atoms with Crippen LogP contribution in [0.25, 0.3) is 11.3 Å². The molecule has 0 N–H and O–H groups in total. The monoisotopic (exact) mass is 409 g/mol. The van der Waals surface area contributed by atoms with Crippen LogP contribution in [0.15, 0.2) is 47.8 Å². The second-order valence-corrected chi connectivity index (χ2v) is 7.84. The molecule has 7 heteroatoms. The highest BCUT2D eigenvalue weighted by atomic mass is 32.1. The summed E-state index contributed by atoms with van der Waals surface area (Å²) in [5, 5.41) is 2.57. The van der Waals surface area contributed by atoms with Crippen LogP contribution in [0.4, 0.5) is 15.2 Å². The molecule has 2 amide bonds. The van der Waals surface area contributed by atoms with Crippen molar-refractivity contribution in [1.82, 2.24) is 4.98 Å². The average molecular weight is 409 g/mol. The van der Waals surface area contributed by atoms with Crippen LogP contribution in [0.5, 0.6) is 0 Å². The van der Waals surface area contributed by atoms with E-state index in [2.05, 4.69) is 4.98 Å². The molecule has 0 bridgehead atoms. The van der Waals surface area contributed by atoms with E-state index in [1.54, 1.807) is 24.1 Å². The van der Waals surface area contributed by atoms with Gasteiger partial charge < -0.3 is 4.90 Å². The Labute approximate surface area is 172 Å². The van der Waals surface area contributed by atoms with Crippen molar-refractivity contribution in [3.05, 3.63) is 64.8 Å². The van der Waals surface area contributed by atoms with E-state index in [1.807, 2.05) is 23.6 Å². The number of benzene rings is 2. The minimum Gasteiger partial charge on any atom is -0.308 e. The second-order valence-electron chi connectivity index (χ2n) is 7.01. The lowest BCUT2D eigenvalue weighted by Gasteiger charge is -2.30. The first-order valence-electron chi connectivity index (χ1n) is 9.34. The summed E-state index contributed by atoms with van der Waals surface area (Å²) in [6, 6.07) is 11.7. The normalized spacial score (nSPS) is 13.1. The number of carbonyl (C=O) groups is 2. The zero-order chi connectivity index (χ0) is 20.5. The van der Waals surface area contributed by atoms with Crippen molar-refractivity contribution in [3.63, 3.8) is 0 Å². The maximum Gasteiger partial charge on any atom is 0.258 e. The van der Waals surface area contributed by atoms with Crippen molar-refractivity contribution in [2.24, 2.45) is 0 Å². The number of rotatable bonds is 3. The van der Waals surface area contributed by atoms with E-state index < -0.39 is 5.82 Å². The number of halogens is 1. The molecule has 0 spiro atoms. The molecule has 0 saturated carbocycles. The molecule has 5 nitrogen and oxygen atoms in total. The Bertz CT molecular complexity index is 1100. The lowest BCUT2D eigenvalue weighted by atomic mass is 9.97. The van der Waals surface area contributed by atoms with Crippen molar-refractivity contribution < 1.29 is 14.0 Å². The summed E-state index contributed by atoms with van der Waals surface area (Å²) in [6.45, 7) is 2.11. The van der Waals surface area contributed by atoms with E-state index in [0.29, 0.717) is 17.2 Å². The lowest BCUT2D eigenvalue weighted by Crippen LogP contribution is -2.35. The highest BCUT2D eigenvalue weighted by Crippen LogP contribution is 2.34. The van der Waals surface area contributed by atoms with Crippen molar-refractivity contribution in [2.45, 2.75) is 19.8 Å². The molecule has 148 valence electrons. The largest absolute Gasteiger partial charge is 0.308 e. The van der Waals surface area contributed by atoms with Crippen molar-refractivity contribution in [3.8, 4) is 11.3 Å². The van der Waals surface area contributed by atoms with Crippen LogP contribution in [0.2, 0.25) is 0 Å². The van der Waals surface area contributed by atoms with Gasteiger partial charge in [-0.2, -0.15) is 0 Å². The first-order chi connectivity index (χ1) is 13.9. The van der Waals surface area contributed by atoms with Gasteiger partial charge in [0.15, 0.2) is 5.13 Å². The lowest BCUT2D eigenvalue weighted by molar-refractivity contribution is -0.116. The van der Waals surface area contributed by atoms with Crippen molar-refractivity contribution >= 4 is 34.0 Å². The van der Waals surface area contributed by atoms with Gasteiger partial charge in [0, 0.05) is 42.7 Å². The van der Waals surface area contributed by atoms with E-state index in [4.69, 9.17) is 0 Å². The third-order valence-corrected chi connectivity index (χ3v) is 5.98. The Balaban J connectivity index is 1.64. The van der Waals surface area contributed by atoms with Crippen LogP contribution in [-0.2, 0) is 11.2 Å². The maximum atomic E-state index is 13.5. The number of aryl methyl sites for hydroxylation is 1. The van der Waals surface area contributed by atoms with E-state index in [0.717, 1.165) is 35.3 Å². The number of anilines is 2. The summed E-state index contributed by atoms with van der Waals surface area (Å²) in [4.78, 5) is 32.3. The molecular formula is C22H20FN3O2S. The average Bonchev–Trinajstić information content (AvgIpc) is 3.22. The van der Waals surface area contributed by atoms with Gasteiger partial charge in [0.25, 0.3) is 5.91 Å². The Morgan fingerprint density at radius 1 is 1.21 bits per heavy atom. The fourth-order valence-electron chi connectivity index (χ4n) is 3.43. The van der Waals surface area contributed by atoms with Crippen LogP contribution in [-0.4, -0.2) is 30.4 Å². The third kappa shape index (κ3) is 3.78. The maximum absolute atomic E-state index is 13.5. The topological polar surface area (TPSA) is 53.5 Å². The van der Waals surface area contributed by atoms with E-state index in [-0.39, 0.29) is 11.8 Å². The molecule has 0 aliphatic carbocycles. The fraction of sp³-hybridized carbons (Fsp3) is 0.227. The number of aromatic nitrogens is 1. The predicted octanol–water partition coefficient (Wildman–Crippen LogP) is 4.52. The SMILES string of the molecule is CC(=O)N(C)c1nc(-c2ccc3c(c2)CCCN3C(=O)c2cccc(F)c2)cs1. The Morgan fingerprint density at radius 2 is 2.03 bits per heavy atom. The number of hydrogen-bond donors (Lipinski definition) is 0. The first kappa shape index (κ1) is 19.3. The van der Waals surface area contributed by atoms with Gasteiger partial charge in [-0.05, 0) is 48.7 Å². The quantitative estimate of drug-likeness (QED) is 0.639. The number of thiazole rings is 1. The first-order valence-corrected chi connectivity index (χ1v) is 10.2. The summed E-state index contributed by atoms with van der Waals surface area (Å²) in [5.41, 5.74) is 4.01. The summed E-state index contributed by atoms with van der Waals surface area (Å²) in [5.74, 6) is -0.682. The number of hydrogen-bond acceptors (Lipinski definition) is 4. The molecule has 2 aromatic carbocycles. The molecule has 29 heavy (non-hydrogen) atoms. The minimum absolute atomic E-state index is 0.0668. The highest BCUT2D eigenvalue weighted by molar-refractivity contribution is 7.14. The van der Waals surface area contributed by atoms with Gasteiger partial charge in [-0.3, -0.25) is 14.5 Å². The third-order valence-electron chi connectivity index (χ3n) is 5.06. The zero-order valence-electron chi connectivity index (χ0n) is 16.2. The van der Waals surface area contributed by atoms with E-state index in [1.165, 1.54) is 35.3 Å².